The summed E-state index contributed by atoms with van der Waals surface area (Å²) in [5, 5.41) is 4.27. The van der Waals surface area contributed by atoms with Crippen LogP contribution in [-0.4, -0.2) is 36.7 Å². The third kappa shape index (κ3) is 1.53. The van der Waals surface area contributed by atoms with Crippen molar-refractivity contribution < 1.29 is 4.74 Å². The molecule has 20 heavy (non-hydrogen) atoms. The number of imidazole rings is 1. The summed E-state index contributed by atoms with van der Waals surface area (Å²) < 4.78 is 6.85. The molecular weight excluding hydrogens is 256 g/mol. The van der Waals surface area contributed by atoms with Crippen LogP contribution in [-0.2, 0) is 0 Å². The average Bonchev–Trinajstić information content (AvgIpc) is 3.09. The Morgan fingerprint density at radius 2 is 2.15 bits per heavy atom. The molecule has 0 amide bonds. The summed E-state index contributed by atoms with van der Waals surface area (Å²) in [5.41, 5.74) is 3.24. The predicted octanol–water partition coefficient (Wildman–Crippen LogP) is 1.68. The molecule has 98 valence electrons. The molecule has 0 aromatic carbocycles. The number of ether oxygens (including phenoxy) is 1. The molecule has 0 aliphatic carbocycles. The lowest BCUT2D eigenvalue weighted by Gasteiger charge is -1.95. The number of nitrogens with one attached hydrogen (secondary N) is 1. The fraction of sp³-hybridized carbons (Fsp3) is 0.0769. The van der Waals surface area contributed by atoms with Crippen LogP contribution in [0.2, 0.25) is 0 Å². The van der Waals surface area contributed by atoms with Gasteiger partial charge in [-0.05, 0) is 6.07 Å². The van der Waals surface area contributed by atoms with Gasteiger partial charge in [-0.15, -0.1) is 0 Å². The van der Waals surface area contributed by atoms with Crippen molar-refractivity contribution in [1.82, 2.24) is 29.5 Å². The van der Waals surface area contributed by atoms with E-state index in [1.807, 2.05) is 6.07 Å². The Balaban J connectivity index is 1.93. The van der Waals surface area contributed by atoms with Crippen LogP contribution in [0.3, 0.4) is 0 Å². The van der Waals surface area contributed by atoms with E-state index >= 15 is 0 Å². The summed E-state index contributed by atoms with van der Waals surface area (Å²) in [4.78, 5) is 16.1. The highest BCUT2D eigenvalue weighted by Crippen LogP contribution is 2.24. The first-order valence-corrected chi connectivity index (χ1v) is 6.03. The lowest BCUT2D eigenvalue weighted by atomic mass is 10.3. The number of aromatic nitrogens is 6. The zero-order valence-electron chi connectivity index (χ0n) is 10.6. The van der Waals surface area contributed by atoms with Gasteiger partial charge in [0.1, 0.15) is 5.82 Å². The molecule has 1 N–H and O–H groups in total. The highest BCUT2D eigenvalue weighted by Gasteiger charge is 2.12. The van der Waals surface area contributed by atoms with Gasteiger partial charge in [-0.25, -0.2) is 9.50 Å². The fourth-order valence-electron chi connectivity index (χ4n) is 2.13. The maximum absolute atomic E-state index is 5.10. The van der Waals surface area contributed by atoms with Gasteiger partial charge in [0.25, 0.3) is 0 Å². The number of pyridine rings is 1. The number of H-pyrrole nitrogens is 1. The summed E-state index contributed by atoms with van der Waals surface area (Å²) in [6, 6.07) is 3.68. The van der Waals surface area contributed by atoms with Crippen LogP contribution >= 0.6 is 0 Å². The van der Waals surface area contributed by atoms with E-state index in [1.54, 1.807) is 42.5 Å². The highest BCUT2D eigenvalue weighted by molar-refractivity contribution is 5.81. The molecule has 7 nitrogen and oxygen atoms in total. The monoisotopic (exact) mass is 266 g/mol. The van der Waals surface area contributed by atoms with Gasteiger partial charge in [0.05, 0.1) is 36.1 Å². The first-order chi connectivity index (χ1) is 9.85. The zero-order chi connectivity index (χ0) is 13.5. The van der Waals surface area contributed by atoms with Gasteiger partial charge in [-0.3, -0.25) is 4.98 Å². The molecule has 0 aliphatic rings. The lowest BCUT2D eigenvalue weighted by Crippen LogP contribution is -1.87. The number of methoxy groups -OCH3 is 1. The number of hydrogen-bond acceptors (Lipinski definition) is 5. The van der Waals surface area contributed by atoms with Crippen molar-refractivity contribution in [1.29, 1.82) is 0 Å². The van der Waals surface area contributed by atoms with E-state index < -0.39 is 0 Å². The van der Waals surface area contributed by atoms with Crippen LogP contribution in [0.4, 0.5) is 0 Å². The molecule has 7 heteroatoms. The van der Waals surface area contributed by atoms with Crippen molar-refractivity contribution in [3.05, 3.63) is 36.9 Å². The van der Waals surface area contributed by atoms with Crippen LogP contribution in [0.25, 0.3) is 28.1 Å². The average molecular weight is 266 g/mol. The molecule has 0 spiro atoms. The number of hydrogen-bond donors (Lipinski definition) is 1. The summed E-state index contributed by atoms with van der Waals surface area (Å²) in [6.07, 6.45) is 6.99. The van der Waals surface area contributed by atoms with Crippen LogP contribution in [0.15, 0.2) is 36.9 Å². The molecule has 0 bridgehead atoms. The van der Waals surface area contributed by atoms with E-state index in [0.717, 1.165) is 16.6 Å². The van der Waals surface area contributed by atoms with Gasteiger partial charge < -0.3 is 9.72 Å². The molecule has 4 aromatic rings. The molecular formula is C13H10N6O. The minimum Gasteiger partial charge on any atom is -0.481 e. The van der Waals surface area contributed by atoms with E-state index in [-0.39, 0.29) is 0 Å². The Labute approximate surface area is 113 Å². The van der Waals surface area contributed by atoms with Gasteiger partial charge in [0.2, 0.25) is 5.88 Å². The SMILES string of the molecule is COc1ccc2[nH]c(-c3cnn4ccncc34)nc2n1. The first-order valence-electron chi connectivity index (χ1n) is 6.03. The molecule has 0 fully saturated rings. The van der Waals surface area contributed by atoms with Crippen LogP contribution < -0.4 is 4.74 Å². The predicted molar refractivity (Wildman–Crippen MR) is 72.4 cm³/mol. The third-order valence-corrected chi connectivity index (χ3v) is 3.11. The first kappa shape index (κ1) is 10.9. The largest absolute Gasteiger partial charge is 0.481 e. The van der Waals surface area contributed by atoms with E-state index in [2.05, 4.69) is 25.0 Å². The molecule has 4 rings (SSSR count). The van der Waals surface area contributed by atoms with E-state index in [0.29, 0.717) is 17.4 Å². The summed E-state index contributed by atoms with van der Waals surface area (Å²) in [6.45, 7) is 0. The summed E-state index contributed by atoms with van der Waals surface area (Å²) in [5.74, 6) is 1.25. The quantitative estimate of drug-likeness (QED) is 0.597. The summed E-state index contributed by atoms with van der Waals surface area (Å²) >= 11 is 0. The number of aromatic amines is 1. The minimum atomic E-state index is 0.539. The lowest BCUT2D eigenvalue weighted by molar-refractivity contribution is 0.399. The van der Waals surface area contributed by atoms with Crippen molar-refractivity contribution in [2.45, 2.75) is 0 Å². The Kier molecular flexibility index (Phi) is 2.19. The Morgan fingerprint density at radius 1 is 1.20 bits per heavy atom. The molecule has 4 aromatic heterocycles. The highest BCUT2D eigenvalue weighted by atomic mass is 16.5. The van der Waals surface area contributed by atoms with Gasteiger partial charge >= 0.3 is 0 Å². The normalized spacial score (nSPS) is 11.2. The van der Waals surface area contributed by atoms with Crippen molar-refractivity contribution >= 4 is 16.7 Å². The maximum atomic E-state index is 5.10. The molecule has 0 saturated heterocycles. The second kappa shape index (κ2) is 4.02. The van der Waals surface area contributed by atoms with E-state index in [1.165, 1.54) is 0 Å². The second-order valence-corrected chi connectivity index (χ2v) is 4.27. The van der Waals surface area contributed by atoms with Gasteiger partial charge in [0.15, 0.2) is 5.65 Å². The summed E-state index contributed by atoms with van der Waals surface area (Å²) in [7, 11) is 1.58. The molecule has 0 radical (unpaired) electrons. The smallest absolute Gasteiger partial charge is 0.215 e. The van der Waals surface area contributed by atoms with Gasteiger partial charge in [0, 0.05) is 18.5 Å². The molecule has 0 saturated carbocycles. The fourth-order valence-corrected chi connectivity index (χ4v) is 2.13. The number of fused-ring (bicyclic) bond motifs is 2. The van der Waals surface area contributed by atoms with E-state index in [4.69, 9.17) is 4.74 Å². The van der Waals surface area contributed by atoms with Crippen LogP contribution in [0.5, 0.6) is 5.88 Å². The maximum Gasteiger partial charge on any atom is 0.215 e. The number of rotatable bonds is 2. The molecule has 0 aliphatic heterocycles. The minimum absolute atomic E-state index is 0.539. The van der Waals surface area contributed by atoms with Gasteiger partial charge in [-0.1, -0.05) is 0 Å². The Morgan fingerprint density at radius 3 is 3.05 bits per heavy atom. The Hall–Kier alpha value is -2.96. The topological polar surface area (TPSA) is 81.0 Å². The van der Waals surface area contributed by atoms with Crippen molar-refractivity contribution in [2.24, 2.45) is 0 Å². The van der Waals surface area contributed by atoms with Crippen molar-refractivity contribution in [3.63, 3.8) is 0 Å². The van der Waals surface area contributed by atoms with Crippen molar-refractivity contribution in [3.8, 4) is 17.3 Å². The standard InChI is InChI=1S/C13H10N6O/c1-20-11-3-2-9-13(17-11)18-12(16-9)8-6-15-19-5-4-14-7-10(8)19/h2-7H,1H3,(H,16,17,18). The molecule has 0 unspecified atom stereocenters. The zero-order valence-corrected chi connectivity index (χ0v) is 10.6. The molecule has 4 heterocycles. The van der Waals surface area contributed by atoms with E-state index in [9.17, 15) is 0 Å². The second-order valence-electron chi connectivity index (χ2n) is 4.27. The van der Waals surface area contributed by atoms with Gasteiger partial charge in [-0.2, -0.15) is 10.1 Å². The Bertz CT molecular complexity index is 909. The van der Waals surface area contributed by atoms with Crippen LogP contribution in [0, 0.1) is 0 Å². The van der Waals surface area contributed by atoms with Crippen molar-refractivity contribution in [2.75, 3.05) is 7.11 Å². The third-order valence-electron chi connectivity index (χ3n) is 3.11. The van der Waals surface area contributed by atoms with Crippen LogP contribution in [0.1, 0.15) is 0 Å². The number of nitrogens with zero attached hydrogens (tertiary/aromatic N) is 5. The molecule has 0 atom stereocenters.